The molecule has 9 heteroatoms. The van der Waals surface area contributed by atoms with Crippen molar-refractivity contribution in [1.29, 1.82) is 0 Å². The van der Waals surface area contributed by atoms with Crippen molar-refractivity contribution in [2.24, 2.45) is 5.10 Å². The summed E-state index contributed by atoms with van der Waals surface area (Å²) in [7, 11) is 4.23. The third kappa shape index (κ3) is 4.26. The minimum atomic E-state index is -0.579. The summed E-state index contributed by atoms with van der Waals surface area (Å²) in [5.74, 6) is 0.451. The molecule has 9 nitrogen and oxygen atoms in total. The number of ether oxygens (including phenoxy) is 3. The molecule has 2 aromatic carbocycles. The molecule has 2 aromatic rings. The zero-order valence-corrected chi connectivity index (χ0v) is 14.4. The highest BCUT2D eigenvalue weighted by molar-refractivity contribution is 5.95. The molecule has 26 heavy (non-hydrogen) atoms. The van der Waals surface area contributed by atoms with Crippen LogP contribution in [0.3, 0.4) is 0 Å². The van der Waals surface area contributed by atoms with Gasteiger partial charge in [-0.25, -0.2) is 5.43 Å². The van der Waals surface area contributed by atoms with Gasteiger partial charge in [-0.15, -0.1) is 0 Å². The van der Waals surface area contributed by atoms with Gasteiger partial charge < -0.3 is 14.2 Å². The Hall–Kier alpha value is -3.62. The lowest BCUT2D eigenvalue weighted by molar-refractivity contribution is -0.385. The Morgan fingerprint density at radius 3 is 2.46 bits per heavy atom. The van der Waals surface area contributed by atoms with Gasteiger partial charge in [0.25, 0.3) is 5.91 Å². The quantitative estimate of drug-likeness (QED) is 0.461. The maximum Gasteiger partial charge on any atom is 0.311 e. The van der Waals surface area contributed by atoms with E-state index < -0.39 is 10.8 Å². The summed E-state index contributed by atoms with van der Waals surface area (Å²) in [6.07, 6.45) is 1.25. The van der Waals surface area contributed by atoms with E-state index in [1.54, 1.807) is 24.3 Å². The van der Waals surface area contributed by atoms with Crippen LogP contribution in [0.2, 0.25) is 0 Å². The molecule has 2 rings (SSSR count). The van der Waals surface area contributed by atoms with Crippen molar-refractivity contribution in [3.63, 3.8) is 0 Å². The fourth-order valence-electron chi connectivity index (χ4n) is 2.14. The first-order chi connectivity index (χ1) is 12.5. The second-order valence-corrected chi connectivity index (χ2v) is 4.95. The summed E-state index contributed by atoms with van der Waals surface area (Å²) in [5.41, 5.74) is 2.77. The Morgan fingerprint density at radius 1 is 1.12 bits per heavy atom. The number of benzene rings is 2. The molecule has 0 saturated carbocycles. The number of hydrazone groups is 1. The molecule has 0 saturated heterocycles. The minimum Gasteiger partial charge on any atom is -0.497 e. The summed E-state index contributed by atoms with van der Waals surface area (Å²) in [6, 6.07) is 9.17. The highest BCUT2D eigenvalue weighted by atomic mass is 16.6. The van der Waals surface area contributed by atoms with E-state index in [2.05, 4.69) is 10.5 Å². The molecule has 0 atom stereocenters. The fourth-order valence-corrected chi connectivity index (χ4v) is 2.14. The molecule has 136 valence electrons. The highest BCUT2D eigenvalue weighted by Gasteiger charge is 2.19. The van der Waals surface area contributed by atoms with Crippen LogP contribution >= 0.6 is 0 Å². The van der Waals surface area contributed by atoms with Gasteiger partial charge in [-0.05, 0) is 18.2 Å². The normalized spacial score (nSPS) is 10.4. The average molecular weight is 359 g/mol. The van der Waals surface area contributed by atoms with Gasteiger partial charge in [0, 0.05) is 23.3 Å². The van der Waals surface area contributed by atoms with E-state index >= 15 is 0 Å². The predicted octanol–water partition coefficient (Wildman–Crippen LogP) is 2.38. The van der Waals surface area contributed by atoms with Crippen molar-refractivity contribution in [2.75, 3.05) is 21.3 Å². The predicted molar refractivity (Wildman–Crippen MR) is 94.3 cm³/mol. The zero-order valence-electron chi connectivity index (χ0n) is 14.4. The van der Waals surface area contributed by atoms with Crippen LogP contribution in [0, 0.1) is 10.1 Å². The standard InChI is InChI=1S/C17H17N3O6/c1-24-13-6-4-5-11(7-13)17(21)19-18-10-12-8-14(20(22)23)16(26-3)9-15(12)25-2/h4-10H,1-3H3,(H,19,21)/b18-10+. The lowest BCUT2D eigenvalue weighted by atomic mass is 10.1. The molecule has 0 bridgehead atoms. The average Bonchev–Trinajstić information content (AvgIpc) is 2.67. The monoisotopic (exact) mass is 359 g/mol. The summed E-state index contributed by atoms with van der Waals surface area (Å²) in [5, 5.41) is 14.9. The SMILES string of the molecule is COc1cccc(C(=O)N/N=C/c2cc([N+](=O)[O-])c(OC)cc2OC)c1. The molecule has 0 aliphatic heterocycles. The lowest BCUT2D eigenvalue weighted by Crippen LogP contribution is -2.17. The second-order valence-electron chi connectivity index (χ2n) is 4.95. The number of nitro groups is 1. The Labute approximate surface area is 149 Å². The molecule has 0 aliphatic carbocycles. The molecule has 1 amide bonds. The van der Waals surface area contributed by atoms with Gasteiger partial charge in [-0.3, -0.25) is 14.9 Å². The van der Waals surface area contributed by atoms with Gasteiger partial charge >= 0.3 is 5.69 Å². The summed E-state index contributed by atoms with van der Waals surface area (Å²) in [4.78, 5) is 22.6. The number of nitro benzene ring substituents is 1. The Kier molecular flexibility index (Phi) is 6.10. The van der Waals surface area contributed by atoms with E-state index in [9.17, 15) is 14.9 Å². The number of nitrogens with zero attached hydrogens (tertiary/aromatic N) is 2. The number of rotatable bonds is 7. The molecular weight excluding hydrogens is 342 g/mol. The van der Waals surface area contributed by atoms with Crippen LogP contribution in [0.1, 0.15) is 15.9 Å². The van der Waals surface area contributed by atoms with Gasteiger partial charge in [0.2, 0.25) is 5.75 Å². The molecule has 0 spiro atoms. The first-order valence-electron chi connectivity index (χ1n) is 7.38. The molecule has 0 radical (unpaired) electrons. The van der Waals surface area contributed by atoms with E-state index in [4.69, 9.17) is 14.2 Å². The van der Waals surface area contributed by atoms with Crippen LogP contribution in [-0.2, 0) is 0 Å². The third-order valence-corrected chi connectivity index (χ3v) is 3.43. The first-order valence-corrected chi connectivity index (χ1v) is 7.38. The van der Waals surface area contributed by atoms with E-state index in [0.29, 0.717) is 22.6 Å². The largest absolute Gasteiger partial charge is 0.497 e. The molecule has 1 N–H and O–H groups in total. The summed E-state index contributed by atoms with van der Waals surface area (Å²) < 4.78 is 15.2. The van der Waals surface area contributed by atoms with Gasteiger partial charge in [0.1, 0.15) is 11.5 Å². The maximum atomic E-state index is 12.1. The number of nitrogens with one attached hydrogen (secondary N) is 1. The number of hydrogen-bond acceptors (Lipinski definition) is 7. The molecular formula is C17H17N3O6. The number of methoxy groups -OCH3 is 3. The van der Waals surface area contributed by atoms with Crippen molar-refractivity contribution in [1.82, 2.24) is 5.43 Å². The number of carbonyl (C=O) groups excluding carboxylic acids is 1. The van der Waals surface area contributed by atoms with Crippen molar-refractivity contribution in [2.45, 2.75) is 0 Å². The number of carbonyl (C=O) groups is 1. The highest BCUT2D eigenvalue weighted by Crippen LogP contribution is 2.33. The van der Waals surface area contributed by atoms with Crippen LogP contribution < -0.4 is 19.6 Å². The minimum absolute atomic E-state index is 0.0596. The molecule has 0 heterocycles. The van der Waals surface area contributed by atoms with Crippen molar-refractivity contribution in [3.8, 4) is 17.2 Å². The Morgan fingerprint density at radius 2 is 1.85 bits per heavy atom. The van der Waals surface area contributed by atoms with Crippen LogP contribution in [-0.4, -0.2) is 38.4 Å². The van der Waals surface area contributed by atoms with Gasteiger partial charge in [-0.2, -0.15) is 5.10 Å². The van der Waals surface area contributed by atoms with E-state index in [1.165, 1.54) is 39.7 Å². The molecule has 0 aromatic heterocycles. The summed E-state index contributed by atoms with van der Waals surface area (Å²) >= 11 is 0. The van der Waals surface area contributed by atoms with Crippen LogP contribution in [0.15, 0.2) is 41.5 Å². The van der Waals surface area contributed by atoms with Crippen LogP contribution in [0.5, 0.6) is 17.2 Å². The van der Waals surface area contributed by atoms with Gasteiger partial charge in [-0.1, -0.05) is 6.07 Å². The molecule has 0 fully saturated rings. The van der Waals surface area contributed by atoms with Crippen LogP contribution in [0.4, 0.5) is 5.69 Å². The third-order valence-electron chi connectivity index (χ3n) is 3.43. The van der Waals surface area contributed by atoms with E-state index in [-0.39, 0.29) is 11.4 Å². The van der Waals surface area contributed by atoms with E-state index in [1.807, 2.05) is 0 Å². The fraction of sp³-hybridized carbons (Fsp3) is 0.176. The number of hydrogen-bond donors (Lipinski definition) is 1. The smallest absolute Gasteiger partial charge is 0.311 e. The van der Waals surface area contributed by atoms with E-state index in [0.717, 1.165) is 0 Å². The lowest BCUT2D eigenvalue weighted by Gasteiger charge is -2.08. The topological polar surface area (TPSA) is 112 Å². The number of amides is 1. The summed E-state index contributed by atoms with van der Waals surface area (Å²) in [6.45, 7) is 0. The van der Waals surface area contributed by atoms with Crippen molar-refractivity contribution in [3.05, 3.63) is 57.6 Å². The van der Waals surface area contributed by atoms with Gasteiger partial charge in [0.05, 0.1) is 32.5 Å². The van der Waals surface area contributed by atoms with Gasteiger partial charge in [0.15, 0.2) is 0 Å². The Balaban J connectivity index is 2.22. The zero-order chi connectivity index (χ0) is 19.1. The maximum absolute atomic E-state index is 12.1. The van der Waals surface area contributed by atoms with Crippen LogP contribution in [0.25, 0.3) is 0 Å². The van der Waals surface area contributed by atoms with Crippen molar-refractivity contribution < 1.29 is 23.9 Å². The van der Waals surface area contributed by atoms with Crippen molar-refractivity contribution >= 4 is 17.8 Å². The molecule has 0 unspecified atom stereocenters. The second kappa shape index (κ2) is 8.47. The Bertz CT molecular complexity index is 850. The first kappa shape index (κ1) is 18.7. The molecule has 0 aliphatic rings.